The summed E-state index contributed by atoms with van der Waals surface area (Å²) in [5.41, 5.74) is 1.30. The third-order valence-corrected chi connectivity index (χ3v) is 5.22. The molecule has 0 aliphatic heterocycles. The Morgan fingerprint density at radius 3 is 3.14 bits per heavy atom. The number of carbonyl (C=O) groups is 1. The van der Waals surface area contributed by atoms with Crippen LogP contribution in [-0.4, -0.2) is 10.9 Å². The summed E-state index contributed by atoms with van der Waals surface area (Å²) in [6.45, 7) is 2.22. The van der Waals surface area contributed by atoms with E-state index in [2.05, 4.69) is 17.2 Å². The molecule has 3 rings (SSSR count). The number of carbonyl (C=O) groups excluding carboxylic acids is 1. The van der Waals surface area contributed by atoms with E-state index in [0.29, 0.717) is 11.0 Å². The summed E-state index contributed by atoms with van der Waals surface area (Å²) in [6, 6.07) is 4.41. The second kappa shape index (κ2) is 6.34. The van der Waals surface area contributed by atoms with E-state index in [9.17, 15) is 9.18 Å². The van der Waals surface area contributed by atoms with Crippen LogP contribution in [0, 0.1) is 11.7 Å². The molecule has 1 atom stereocenters. The summed E-state index contributed by atoms with van der Waals surface area (Å²) in [5, 5.41) is 3.62. The Morgan fingerprint density at radius 1 is 1.55 bits per heavy atom. The van der Waals surface area contributed by atoms with Crippen molar-refractivity contribution >= 4 is 34.0 Å². The zero-order chi connectivity index (χ0) is 15.7. The Labute approximate surface area is 137 Å². The van der Waals surface area contributed by atoms with Gasteiger partial charge in [0.1, 0.15) is 5.82 Å². The molecule has 1 amide bonds. The van der Waals surface area contributed by atoms with Crippen LogP contribution in [-0.2, 0) is 24.1 Å². The Bertz CT molecular complexity index is 696. The van der Waals surface area contributed by atoms with Gasteiger partial charge in [0, 0.05) is 15.5 Å². The van der Waals surface area contributed by atoms with Crippen molar-refractivity contribution in [1.82, 2.24) is 4.98 Å². The molecule has 1 aromatic heterocycles. The topological polar surface area (TPSA) is 42.0 Å². The number of benzene rings is 1. The van der Waals surface area contributed by atoms with Gasteiger partial charge in [-0.3, -0.25) is 4.79 Å². The number of aromatic nitrogens is 1. The number of nitrogens with one attached hydrogen (secondary N) is 1. The quantitative estimate of drug-likeness (QED) is 0.909. The van der Waals surface area contributed by atoms with Gasteiger partial charge in [0.15, 0.2) is 5.13 Å². The first kappa shape index (κ1) is 15.4. The van der Waals surface area contributed by atoms with Gasteiger partial charge >= 0.3 is 0 Å². The van der Waals surface area contributed by atoms with E-state index >= 15 is 0 Å². The van der Waals surface area contributed by atoms with Crippen molar-refractivity contribution in [2.75, 3.05) is 5.32 Å². The Morgan fingerprint density at radius 2 is 2.36 bits per heavy atom. The molecule has 0 radical (unpaired) electrons. The van der Waals surface area contributed by atoms with Crippen LogP contribution in [0.25, 0.3) is 0 Å². The molecule has 0 fully saturated rings. The van der Waals surface area contributed by atoms with Crippen molar-refractivity contribution in [3.63, 3.8) is 0 Å². The number of hydrogen-bond acceptors (Lipinski definition) is 3. The van der Waals surface area contributed by atoms with Gasteiger partial charge in [0.05, 0.1) is 12.1 Å². The van der Waals surface area contributed by atoms with Crippen molar-refractivity contribution < 1.29 is 9.18 Å². The maximum Gasteiger partial charge on any atom is 0.230 e. The van der Waals surface area contributed by atoms with Crippen LogP contribution < -0.4 is 5.32 Å². The first-order chi connectivity index (χ1) is 10.5. The normalized spacial score (nSPS) is 17.1. The summed E-state index contributed by atoms with van der Waals surface area (Å²) >= 11 is 7.46. The average Bonchev–Trinajstić information content (AvgIpc) is 2.84. The molecule has 0 saturated heterocycles. The minimum absolute atomic E-state index is 0.0911. The molecule has 1 heterocycles. The lowest BCUT2D eigenvalue weighted by Crippen LogP contribution is -2.15. The number of amides is 1. The maximum atomic E-state index is 13.7. The number of nitrogens with zero attached hydrogens (tertiary/aromatic N) is 1. The van der Waals surface area contributed by atoms with Crippen LogP contribution in [0.5, 0.6) is 0 Å². The highest BCUT2D eigenvalue weighted by atomic mass is 35.5. The molecule has 116 valence electrons. The molecule has 2 aromatic rings. The summed E-state index contributed by atoms with van der Waals surface area (Å²) < 4.78 is 13.7. The van der Waals surface area contributed by atoms with Crippen LogP contribution in [0.1, 0.15) is 29.5 Å². The SMILES string of the molecule is CC1CCc2nc(NC(=O)Cc3c(F)cccc3Cl)sc2C1. The molecule has 0 saturated carbocycles. The third-order valence-electron chi connectivity index (χ3n) is 3.83. The third kappa shape index (κ3) is 3.31. The molecule has 0 spiro atoms. The van der Waals surface area contributed by atoms with Gasteiger partial charge in [0.25, 0.3) is 0 Å². The predicted octanol–water partition coefficient (Wildman–Crippen LogP) is 4.24. The second-order valence-electron chi connectivity index (χ2n) is 5.66. The standard InChI is InChI=1S/C16H16ClFN2OS/c1-9-5-6-13-14(7-9)22-16(19-13)20-15(21)8-10-11(17)3-2-4-12(10)18/h2-4,9H,5-8H2,1H3,(H,19,20,21). The summed E-state index contributed by atoms with van der Waals surface area (Å²) in [4.78, 5) is 17.8. The average molecular weight is 339 g/mol. The molecule has 1 aliphatic carbocycles. The minimum Gasteiger partial charge on any atom is -0.302 e. The highest BCUT2D eigenvalue weighted by molar-refractivity contribution is 7.15. The molecular formula is C16H16ClFN2OS. The van der Waals surface area contributed by atoms with E-state index in [1.54, 1.807) is 6.07 Å². The highest BCUT2D eigenvalue weighted by Crippen LogP contribution is 2.32. The van der Waals surface area contributed by atoms with Gasteiger partial charge in [-0.15, -0.1) is 11.3 Å². The molecule has 1 N–H and O–H groups in total. The fourth-order valence-corrected chi connectivity index (χ4v) is 4.04. The van der Waals surface area contributed by atoms with E-state index < -0.39 is 5.82 Å². The van der Waals surface area contributed by atoms with Crippen molar-refractivity contribution in [2.24, 2.45) is 5.92 Å². The summed E-state index contributed by atoms with van der Waals surface area (Å²) in [5.74, 6) is -0.102. The Hall–Kier alpha value is -1.46. The number of fused-ring (bicyclic) bond motifs is 1. The van der Waals surface area contributed by atoms with Gasteiger partial charge in [-0.25, -0.2) is 9.37 Å². The first-order valence-corrected chi connectivity index (χ1v) is 8.43. The molecule has 1 aliphatic rings. The zero-order valence-corrected chi connectivity index (χ0v) is 13.7. The van der Waals surface area contributed by atoms with Crippen molar-refractivity contribution in [3.8, 4) is 0 Å². The molecule has 3 nitrogen and oxygen atoms in total. The fourth-order valence-electron chi connectivity index (χ4n) is 2.62. The predicted molar refractivity (Wildman–Crippen MR) is 87.0 cm³/mol. The van der Waals surface area contributed by atoms with E-state index in [4.69, 9.17) is 11.6 Å². The van der Waals surface area contributed by atoms with Gasteiger partial charge in [-0.1, -0.05) is 24.6 Å². The van der Waals surface area contributed by atoms with Crippen LogP contribution >= 0.6 is 22.9 Å². The number of anilines is 1. The lowest BCUT2D eigenvalue weighted by Gasteiger charge is -2.15. The van der Waals surface area contributed by atoms with Crippen LogP contribution in [0.3, 0.4) is 0 Å². The number of halogens is 2. The van der Waals surface area contributed by atoms with Gasteiger partial charge in [-0.05, 0) is 37.3 Å². The smallest absolute Gasteiger partial charge is 0.230 e. The van der Waals surface area contributed by atoms with Gasteiger partial charge in [-0.2, -0.15) is 0 Å². The van der Waals surface area contributed by atoms with Gasteiger partial charge in [0.2, 0.25) is 5.91 Å². The van der Waals surface area contributed by atoms with Crippen molar-refractivity contribution in [3.05, 3.63) is 45.2 Å². The first-order valence-electron chi connectivity index (χ1n) is 7.24. The van der Waals surface area contributed by atoms with Crippen LogP contribution in [0.2, 0.25) is 5.02 Å². The highest BCUT2D eigenvalue weighted by Gasteiger charge is 2.21. The maximum absolute atomic E-state index is 13.7. The summed E-state index contributed by atoms with van der Waals surface area (Å²) in [6.07, 6.45) is 3.02. The van der Waals surface area contributed by atoms with E-state index in [1.807, 2.05) is 0 Å². The molecule has 6 heteroatoms. The number of thiazole rings is 1. The van der Waals surface area contributed by atoms with E-state index in [0.717, 1.165) is 25.0 Å². The second-order valence-corrected chi connectivity index (χ2v) is 7.15. The monoisotopic (exact) mass is 338 g/mol. The zero-order valence-electron chi connectivity index (χ0n) is 12.2. The van der Waals surface area contributed by atoms with Gasteiger partial charge < -0.3 is 5.32 Å². The van der Waals surface area contributed by atoms with Crippen LogP contribution in [0.4, 0.5) is 9.52 Å². The van der Waals surface area contributed by atoms with E-state index in [-0.39, 0.29) is 22.9 Å². The molecule has 0 bridgehead atoms. The molecular weight excluding hydrogens is 323 g/mol. The minimum atomic E-state index is -0.463. The largest absolute Gasteiger partial charge is 0.302 e. The van der Waals surface area contributed by atoms with Crippen LogP contribution in [0.15, 0.2) is 18.2 Å². The fraction of sp³-hybridized carbons (Fsp3) is 0.375. The number of hydrogen-bond donors (Lipinski definition) is 1. The van der Waals surface area contributed by atoms with E-state index in [1.165, 1.54) is 28.3 Å². The van der Waals surface area contributed by atoms with Crippen molar-refractivity contribution in [2.45, 2.75) is 32.6 Å². The number of rotatable bonds is 3. The molecule has 1 aromatic carbocycles. The number of aryl methyl sites for hydroxylation is 1. The van der Waals surface area contributed by atoms with Crippen molar-refractivity contribution in [1.29, 1.82) is 0 Å². The molecule has 22 heavy (non-hydrogen) atoms. The summed E-state index contributed by atoms with van der Waals surface area (Å²) in [7, 11) is 0. The lowest BCUT2D eigenvalue weighted by molar-refractivity contribution is -0.115. The Kier molecular flexibility index (Phi) is 4.45. The Balaban J connectivity index is 1.70. The lowest BCUT2D eigenvalue weighted by atomic mass is 9.93. The molecule has 1 unspecified atom stereocenters.